The second-order valence-electron chi connectivity index (χ2n) is 3.22. The molecule has 2 aromatic rings. The summed E-state index contributed by atoms with van der Waals surface area (Å²) in [4.78, 5) is 0. The molecule has 15 heavy (non-hydrogen) atoms. The highest BCUT2D eigenvalue weighted by molar-refractivity contribution is 6.37. The van der Waals surface area contributed by atoms with E-state index in [1.807, 2.05) is 30.3 Å². The number of halogens is 2. The summed E-state index contributed by atoms with van der Waals surface area (Å²) in [6, 6.07) is 13.3. The topological polar surface area (TPSA) is 26.0 Å². The van der Waals surface area contributed by atoms with Crippen molar-refractivity contribution in [3.8, 4) is 11.1 Å². The van der Waals surface area contributed by atoms with Gasteiger partial charge in [0.1, 0.15) is 0 Å². The quantitative estimate of drug-likeness (QED) is 0.738. The molecule has 0 saturated carbocycles. The van der Waals surface area contributed by atoms with Crippen LogP contribution in [0.2, 0.25) is 10.0 Å². The average molecular weight is 238 g/mol. The van der Waals surface area contributed by atoms with E-state index in [9.17, 15) is 0 Å². The average Bonchev–Trinajstić information content (AvgIpc) is 2.25. The van der Waals surface area contributed by atoms with Crippen molar-refractivity contribution in [2.75, 3.05) is 5.73 Å². The molecule has 1 nitrogen and oxygen atoms in total. The minimum Gasteiger partial charge on any atom is -0.398 e. The first-order chi connectivity index (χ1) is 7.18. The van der Waals surface area contributed by atoms with Crippen molar-refractivity contribution in [3.05, 3.63) is 52.5 Å². The molecule has 0 saturated heterocycles. The Morgan fingerprint density at radius 3 is 2.20 bits per heavy atom. The first-order valence-corrected chi connectivity index (χ1v) is 5.24. The molecule has 76 valence electrons. The summed E-state index contributed by atoms with van der Waals surface area (Å²) in [6.45, 7) is 0. The third-order valence-electron chi connectivity index (χ3n) is 2.17. The maximum Gasteiger partial charge on any atom is 0.0650 e. The summed E-state index contributed by atoms with van der Waals surface area (Å²) in [5.41, 5.74) is 8.21. The van der Waals surface area contributed by atoms with Crippen molar-refractivity contribution in [1.82, 2.24) is 0 Å². The number of nitrogen functional groups attached to an aromatic ring is 1. The van der Waals surface area contributed by atoms with E-state index in [1.165, 1.54) is 0 Å². The van der Waals surface area contributed by atoms with Crippen molar-refractivity contribution in [2.45, 2.75) is 0 Å². The summed E-state index contributed by atoms with van der Waals surface area (Å²) in [6.07, 6.45) is 0. The van der Waals surface area contributed by atoms with Gasteiger partial charge in [-0.2, -0.15) is 0 Å². The Kier molecular flexibility index (Phi) is 2.85. The van der Waals surface area contributed by atoms with Crippen LogP contribution in [0.1, 0.15) is 0 Å². The minimum absolute atomic E-state index is 0.486. The molecule has 0 bridgehead atoms. The molecule has 3 heteroatoms. The van der Waals surface area contributed by atoms with Crippen LogP contribution in [0.25, 0.3) is 11.1 Å². The summed E-state index contributed by atoms with van der Waals surface area (Å²) in [5.74, 6) is 0. The van der Waals surface area contributed by atoms with Crippen LogP contribution in [-0.4, -0.2) is 0 Å². The zero-order valence-corrected chi connectivity index (χ0v) is 9.39. The van der Waals surface area contributed by atoms with Crippen molar-refractivity contribution in [2.24, 2.45) is 0 Å². The molecule has 0 aromatic heterocycles. The lowest BCUT2D eigenvalue weighted by atomic mass is 10.1. The molecule has 2 aromatic carbocycles. The summed E-state index contributed by atoms with van der Waals surface area (Å²) in [7, 11) is 0. The molecule has 2 rings (SSSR count). The molecule has 0 fully saturated rings. The predicted octanol–water partition coefficient (Wildman–Crippen LogP) is 4.24. The lowest BCUT2D eigenvalue weighted by Gasteiger charge is -2.07. The van der Waals surface area contributed by atoms with E-state index in [2.05, 4.69) is 0 Å². The molecule has 0 aliphatic rings. The lowest BCUT2D eigenvalue weighted by Crippen LogP contribution is -1.88. The maximum atomic E-state index is 6.10. The zero-order chi connectivity index (χ0) is 10.8. The van der Waals surface area contributed by atoms with Crippen LogP contribution in [0, 0.1) is 0 Å². The van der Waals surface area contributed by atoms with Gasteiger partial charge in [0.25, 0.3) is 0 Å². The molecule has 0 aliphatic carbocycles. The summed E-state index contributed by atoms with van der Waals surface area (Å²) in [5, 5.41) is 1.10. The van der Waals surface area contributed by atoms with E-state index in [-0.39, 0.29) is 0 Å². The molecule has 0 aliphatic heterocycles. The van der Waals surface area contributed by atoms with Crippen LogP contribution in [0.15, 0.2) is 42.5 Å². The number of anilines is 1. The highest BCUT2D eigenvalue weighted by atomic mass is 35.5. The summed E-state index contributed by atoms with van der Waals surface area (Å²) < 4.78 is 0. The van der Waals surface area contributed by atoms with Gasteiger partial charge in [0.2, 0.25) is 0 Å². The van der Waals surface area contributed by atoms with Crippen molar-refractivity contribution >= 4 is 28.9 Å². The fourth-order valence-electron chi connectivity index (χ4n) is 1.40. The third kappa shape index (κ3) is 2.09. The van der Waals surface area contributed by atoms with Crippen molar-refractivity contribution in [3.63, 3.8) is 0 Å². The van der Waals surface area contributed by atoms with Crippen LogP contribution < -0.4 is 5.73 Å². The first-order valence-electron chi connectivity index (χ1n) is 4.48. The Labute approximate surface area is 98.4 Å². The molecule has 0 unspecified atom stereocenters. The molecule has 0 amide bonds. The van der Waals surface area contributed by atoms with Gasteiger partial charge in [-0.1, -0.05) is 53.5 Å². The highest BCUT2D eigenvalue weighted by Crippen LogP contribution is 2.33. The van der Waals surface area contributed by atoms with Gasteiger partial charge in [0.05, 0.1) is 15.7 Å². The second-order valence-corrected chi connectivity index (χ2v) is 4.03. The van der Waals surface area contributed by atoms with E-state index in [0.717, 1.165) is 11.1 Å². The Balaban J connectivity index is 2.59. The molecular formula is C12H9Cl2N. The monoisotopic (exact) mass is 237 g/mol. The Morgan fingerprint density at radius 1 is 0.867 bits per heavy atom. The number of hydrogen-bond acceptors (Lipinski definition) is 1. The van der Waals surface area contributed by atoms with Crippen molar-refractivity contribution < 1.29 is 0 Å². The van der Waals surface area contributed by atoms with Gasteiger partial charge in [0, 0.05) is 5.56 Å². The Bertz CT molecular complexity index is 480. The van der Waals surface area contributed by atoms with Crippen LogP contribution in [0.4, 0.5) is 5.69 Å². The molecule has 0 spiro atoms. The van der Waals surface area contributed by atoms with Gasteiger partial charge < -0.3 is 5.73 Å². The van der Waals surface area contributed by atoms with Gasteiger partial charge in [-0.25, -0.2) is 0 Å². The fourth-order valence-corrected chi connectivity index (χ4v) is 1.90. The van der Waals surface area contributed by atoms with Gasteiger partial charge in [-0.15, -0.1) is 0 Å². The molecule has 0 heterocycles. The van der Waals surface area contributed by atoms with Crippen LogP contribution in [0.5, 0.6) is 0 Å². The number of nitrogens with two attached hydrogens (primary N) is 1. The van der Waals surface area contributed by atoms with Crippen LogP contribution in [0.3, 0.4) is 0 Å². The minimum atomic E-state index is 0.486. The first kappa shape index (κ1) is 10.3. The van der Waals surface area contributed by atoms with Crippen molar-refractivity contribution in [1.29, 1.82) is 0 Å². The van der Waals surface area contributed by atoms with E-state index < -0.39 is 0 Å². The van der Waals surface area contributed by atoms with Gasteiger partial charge >= 0.3 is 0 Å². The van der Waals surface area contributed by atoms with E-state index in [4.69, 9.17) is 28.9 Å². The normalized spacial score (nSPS) is 10.3. The third-order valence-corrected chi connectivity index (χ3v) is 2.81. The lowest BCUT2D eigenvalue weighted by molar-refractivity contribution is 1.61. The van der Waals surface area contributed by atoms with Crippen LogP contribution >= 0.6 is 23.2 Å². The van der Waals surface area contributed by atoms with E-state index in [0.29, 0.717) is 15.7 Å². The number of rotatable bonds is 1. The molecule has 0 atom stereocenters. The van der Waals surface area contributed by atoms with Crippen LogP contribution in [-0.2, 0) is 0 Å². The van der Waals surface area contributed by atoms with Gasteiger partial charge in [0.15, 0.2) is 0 Å². The largest absolute Gasteiger partial charge is 0.398 e. The van der Waals surface area contributed by atoms with E-state index in [1.54, 1.807) is 12.1 Å². The van der Waals surface area contributed by atoms with E-state index >= 15 is 0 Å². The highest BCUT2D eigenvalue weighted by Gasteiger charge is 2.06. The fraction of sp³-hybridized carbons (Fsp3) is 0. The van der Waals surface area contributed by atoms with Gasteiger partial charge in [-0.05, 0) is 17.7 Å². The number of benzene rings is 2. The zero-order valence-electron chi connectivity index (χ0n) is 7.87. The predicted molar refractivity (Wildman–Crippen MR) is 66.3 cm³/mol. The molecular weight excluding hydrogens is 229 g/mol. The standard InChI is InChI=1S/C12H9Cl2N/c13-10-7-11(14)12(15)6-9(10)8-4-2-1-3-5-8/h1-7H,15H2. The van der Waals surface area contributed by atoms with Gasteiger partial charge in [-0.3, -0.25) is 0 Å². The number of hydrogen-bond donors (Lipinski definition) is 1. The Morgan fingerprint density at radius 2 is 1.53 bits per heavy atom. The SMILES string of the molecule is Nc1cc(-c2ccccc2)c(Cl)cc1Cl. The molecule has 2 N–H and O–H groups in total. The Hall–Kier alpha value is -1.18. The smallest absolute Gasteiger partial charge is 0.0650 e. The maximum absolute atomic E-state index is 6.10. The summed E-state index contributed by atoms with van der Waals surface area (Å²) >= 11 is 12.0. The molecule has 0 radical (unpaired) electrons. The second kappa shape index (κ2) is 4.13.